The number of carboxylic acids is 3. The molecule has 17 heteroatoms. The Bertz CT molecular complexity index is 1660. The molecular formula is C29H26K3N3O11. The van der Waals surface area contributed by atoms with Crippen molar-refractivity contribution >= 4 is 40.3 Å². The third-order valence-corrected chi connectivity index (χ3v) is 6.56. The van der Waals surface area contributed by atoms with E-state index < -0.39 is 30.2 Å². The van der Waals surface area contributed by atoms with Crippen LogP contribution in [0, 0.1) is 6.92 Å². The number of hydrogen-bond acceptors (Lipinski definition) is 14. The molecule has 226 valence electrons. The first-order chi connectivity index (χ1) is 20.7. The number of anilines is 2. The van der Waals surface area contributed by atoms with Gasteiger partial charge in [-0.3, -0.25) is 0 Å². The molecule has 0 aliphatic carbocycles. The van der Waals surface area contributed by atoms with Crippen LogP contribution in [0.3, 0.4) is 0 Å². The van der Waals surface area contributed by atoms with Crippen LogP contribution in [-0.2, 0) is 14.3 Å². The van der Waals surface area contributed by atoms with Gasteiger partial charge in [0.15, 0.2) is 11.5 Å². The maximum atomic E-state index is 11.7. The van der Waals surface area contributed by atoms with E-state index in [1.807, 2.05) is 13.0 Å². The molecule has 0 spiro atoms. The fourth-order valence-electron chi connectivity index (χ4n) is 4.64. The Hall–Kier alpha value is -0.331. The number of aryl methyl sites for hydroxylation is 1. The average Bonchev–Trinajstić information content (AvgIpc) is 3.60. The van der Waals surface area contributed by atoms with E-state index >= 15 is 0 Å². The van der Waals surface area contributed by atoms with Gasteiger partial charge < -0.3 is 62.5 Å². The van der Waals surface area contributed by atoms with Crippen LogP contribution in [0.5, 0.6) is 11.5 Å². The predicted octanol–water partition coefficient (Wildman–Crippen LogP) is -9.63. The van der Waals surface area contributed by atoms with Gasteiger partial charge in [-0.2, -0.15) is 0 Å². The first-order valence-electron chi connectivity index (χ1n) is 13.3. The second-order valence-electron chi connectivity index (χ2n) is 9.65. The van der Waals surface area contributed by atoms with E-state index in [2.05, 4.69) is 4.98 Å². The summed E-state index contributed by atoms with van der Waals surface area (Å²) in [7, 11) is 0. The number of aromatic carboxylic acids is 1. The first-order valence-corrected chi connectivity index (χ1v) is 13.3. The van der Waals surface area contributed by atoms with Crippen LogP contribution in [0.2, 0.25) is 0 Å². The van der Waals surface area contributed by atoms with Crippen molar-refractivity contribution in [3.05, 3.63) is 53.9 Å². The molecule has 0 fully saturated rings. The third kappa shape index (κ3) is 11.1. The smallest absolute Gasteiger partial charge is 0.548 e. The molecule has 1 aliphatic heterocycles. The monoisotopic (exact) mass is 709 g/mol. The number of benzene rings is 2. The zero-order chi connectivity index (χ0) is 30.5. The predicted molar refractivity (Wildman–Crippen MR) is 143 cm³/mol. The fraction of sp³-hybridized carbons (Fsp3) is 0.310. The van der Waals surface area contributed by atoms with Gasteiger partial charge in [0.25, 0.3) is 5.89 Å². The molecule has 0 bridgehead atoms. The Morgan fingerprint density at radius 1 is 0.783 bits per heavy atom. The van der Waals surface area contributed by atoms with E-state index in [1.54, 1.807) is 35.2 Å². The van der Waals surface area contributed by atoms with E-state index in [1.165, 1.54) is 4.90 Å². The van der Waals surface area contributed by atoms with Crippen molar-refractivity contribution in [2.75, 3.05) is 62.4 Å². The van der Waals surface area contributed by atoms with Gasteiger partial charge in [0.2, 0.25) is 0 Å². The molecule has 4 aromatic rings. The first kappa shape index (κ1) is 41.8. The number of fused-ring (bicyclic) bond motifs is 3. The summed E-state index contributed by atoms with van der Waals surface area (Å²) in [5, 5.41) is 34.8. The number of carbonyl (C=O) groups is 3. The number of hydrogen-bond donors (Lipinski definition) is 0. The minimum absolute atomic E-state index is 0. The van der Waals surface area contributed by atoms with Gasteiger partial charge in [-0.05, 0) is 36.8 Å². The van der Waals surface area contributed by atoms with Crippen LogP contribution in [-0.4, -0.2) is 75.5 Å². The number of aromatic nitrogens is 1. The van der Waals surface area contributed by atoms with Gasteiger partial charge in [-0.25, -0.2) is 4.98 Å². The van der Waals surface area contributed by atoms with Gasteiger partial charge in [0, 0.05) is 24.5 Å². The summed E-state index contributed by atoms with van der Waals surface area (Å²) >= 11 is 0. The Kier molecular flexibility index (Phi) is 18.0. The molecule has 46 heavy (non-hydrogen) atoms. The Labute approximate surface area is 391 Å². The molecule has 0 radical (unpaired) electrons. The minimum atomic E-state index is -1.53. The molecule has 2 aromatic heterocycles. The molecule has 0 amide bonds. The van der Waals surface area contributed by atoms with Crippen molar-refractivity contribution in [1.82, 2.24) is 4.98 Å². The number of nitrogens with zero attached hydrogens (tertiary/aromatic N) is 3. The quantitative estimate of drug-likeness (QED) is 0.171. The molecule has 1 aliphatic rings. The van der Waals surface area contributed by atoms with E-state index in [9.17, 15) is 29.7 Å². The maximum Gasteiger partial charge on any atom is 1.00 e. The summed E-state index contributed by atoms with van der Waals surface area (Å²) < 4.78 is 28.9. The van der Waals surface area contributed by atoms with Gasteiger partial charge in [-0.15, -0.1) is 0 Å². The van der Waals surface area contributed by atoms with E-state index in [4.69, 9.17) is 23.0 Å². The standard InChI is InChI=1S/C29H29N3O11.3K/c1-17-2-3-19-22(10-17)40-8-9-41-23-11-18-12-24(28-30-14-25(43-28)29(37)38)42-21(18)13-20(23)32(16-27(35)36)5-7-39-6-4-31(19)15-26(33)34;;;/h2-3,10-14H,4-9,15-16H2,1H3,(H,33,34)(H,35,36)(H,37,38);;;/q;3*+1/p-3. The Morgan fingerprint density at radius 3 is 1.98 bits per heavy atom. The van der Waals surface area contributed by atoms with Gasteiger partial charge >= 0.3 is 154 Å². The summed E-state index contributed by atoms with van der Waals surface area (Å²) in [5.41, 5.74) is 2.15. The Morgan fingerprint density at radius 2 is 1.39 bits per heavy atom. The van der Waals surface area contributed by atoms with E-state index in [-0.39, 0.29) is 212 Å². The summed E-state index contributed by atoms with van der Waals surface area (Å²) in [4.78, 5) is 41.2. The summed E-state index contributed by atoms with van der Waals surface area (Å²) in [5.74, 6) is -3.78. The average molecular weight is 710 g/mol. The van der Waals surface area contributed by atoms with E-state index in [0.29, 0.717) is 33.8 Å². The number of ether oxygens (including phenoxy) is 3. The second kappa shape index (κ2) is 19.8. The molecule has 3 heterocycles. The van der Waals surface area contributed by atoms with Crippen molar-refractivity contribution in [2.24, 2.45) is 0 Å². The number of rotatable bonds is 6. The summed E-state index contributed by atoms with van der Waals surface area (Å²) in [6.07, 6.45) is 1.01. The van der Waals surface area contributed by atoms with Gasteiger partial charge in [0.1, 0.15) is 36.3 Å². The van der Waals surface area contributed by atoms with Crippen LogP contribution < -0.4 is 189 Å². The van der Waals surface area contributed by atoms with Crippen LogP contribution >= 0.6 is 0 Å². The molecule has 14 nitrogen and oxygen atoms in total. The molecule has 0 saturated heterocycles. The maximum absolute atomic E-state index is 11.7. The van der Waals surface area contributed by atoms with Crippen molar-refractivity contribution in [3.63, 3.8) is 0 Å². The molecule has 0 unspecified atom stereocenters. The van der Waals surface area contributed by atoms with Crippen LogP contribution in [0.25, 0.3) is 22.6 Å². The Balaban J connectivity index is 0.00000245. The van der Waals surface area contributed by atoms with Crippen molar-refractivity contribution < 1.29 is 207 Å². The molecule has 5 rings (SSSR count). The second-order valence-corrected chi connectivity index (χ2v) is 9.65. The SMILES string of the molecule is Cc1ccc2c(c1)OCCOc1cc3cc(-c4ncc(C(=O)[O-])o4)oc3cc1N(CC(=O)[O-])CCOCCN2CC(=O)[O-].[K+].[K+].[K+]. The van der Waals surface area contributed by atoms with Crippen molar-refractivity contribution in [2.45, 2.75) is 6.92 Å². The zero-order valence-corrected chi connectivity index (χ0v) is 35.4. The third-order valence-electron chi connectivity index (χ3n) is 6.56. The summed E-state index contributed by atoms with van der Waals surface area (Å²) in [6, 6.07) is 10.2. The van der Waals surface area contributed by atoms with Crippen LogP contribution in [0.15, 0.2) is 51.4 Å². The van der Waals surface area contributed by atoms with Crippen LogP contribution in [0.4, 0.5) is 11.4 Å². The molecule has 0 atom stereocenters. The molecule has 2 aromatic carbocycles. The number of carboxylic acid groups (broad SMARTS) is 3. The minimum Gasteiger partial charge on any atom is -0.548 e. The number of furan rings is 1. The summed E-state index contributed by atoms with van der Waals surface area (Å²) in [6.45, 7) is 1.66. The van der Waals surface area contributed by atoms with Crippen LogP contribution in [0.1, 0.15) is 16.1 Å². The molecular weight excluding hydrogens is 684 g/mol. The largest absolute Gasteiger partial charge is 1.00 e. The number of aliphatic carboxylic acids is 2. The van der Waals surface area contributed by atoms with Gasteiger partial charge in [0.05, 0.1) is 55.8 Å². The topological polar surface area (TPSA) is 194 Å². The molecule has 0 saturated carbocycles. The van der Waals surface area contributed by atoms with Gasteiger partial charge in [-0.1, -0.05) is 6.07 Å². The number of oxazole rings is 1. The molecule has 0 N–H and O–H groups in total. The van der Waals surface area contributed by atoms with Crippen molar-refractivity contribution in [3.8, 4) is 23.1 Å². The zero-order valence-electron chi connectivity index (χ0n) is 26.0. The number of carbonyl (C=O) groups excluding carboxylic acids is 3. The fourth-order valence-corrected chi connectivity index (χ4v) is 4.64. The normalized spacial score (nSPS) is 13.6. The van der Waals surface area contributed by atoms with Crippen molar-refractivity contribution in [1.29, 1.82) is 0 Å². The van der Waals surface area contributed by atoms with E-state index in [0.717, 1.165) is 11.8 Å².